The van der Waals surface area contributed by atoms with Gasteiger partial charge >= 0.3 is 0 Å². The number of nitrogens with one attached hydrogen (secondary N) is 1. The summed E-state index contributed by atoms with van der Waals surface area (Å²) in [6.07, 6.45) is 0. The van der Waals surface area contributed by atoms with Crippen LogP contribution < -0.4 is 4.90 Å². The third-order valence-corrected chi connectivity index (χ3v) is 6.48. The molecule has 1 saturated heterocycles. The number of aromatic amines is 1. The summed E-state index contributed by atoms with van der Waals surface area (Å²) in [7, 11) is -3.78. The molecule has 9 nitrogen and oxygen atoms in total. The van der Waals surface area contributed by atoms with E-state index in [1.807, 2.05) is 29.2 Å². The van der Waals surface area contributed by atoms with Gasteiger partial charge in [0.25, 0.3) is 5.69 Å². The van der Waals surface area contributed by atoms with E-state index in [1.54, 1.807) is 0 Å². The van der Waals surface area contributed by atoms with Gasteiger partial charge in [-0.25, -0.2) is 13.4 Å². The number of hydrogen-bond donors (Lipinski definition) is 1. The number of rotatable bonds is 4. The Balaban J connectivity index is 1.51. The topological polar surface area (TPSA) is 112 Å². The van der Waals surface area contributed by atoms with Gasteiger partial charge in [-0.05, 0) is 18.2 Å². The third-order valence-electron chi connectivity index (χ3n) is 4.58. The van der Waals surface area contributed by atoms with E-state index in [0.717, 1.165) is 17.1 Å². The van der Waals surface area contributed by atoms with Gasteiger partial charge in [-0.2, -0.15) is 4.31 Å². The highest BCUT2D eigenvalue weighted by Crippen LogP contribution is 2.24. The zero-order valence-electron chi connectivity index (χ0n) is 14.3. The Morgan fingerprint density at radius 1 is 1.04 bits per heavy atom. The summed E-state index contributed by atoms with van der Waals surface area (Å²) in [4.78, 5) is 20.0. The van der Waals surface area contributed by atoms with Crippen LogP contribution in [0, 0.1) is 10.1 Å². The Bertz CT molecular complexity index is 1070. The second-order valence-corrected chi connectivity index (χ2v) is 8.16. The molecule has 27 heavy (non-hydrogen) atoms. The van der Waals surface area contributed by atoms with Gasteiger partial charge in [0.15, 0.2) is 0 Å². The van der Waals surface area contributed by atoms with Crippen LogP contribution in [0.1, 0.15) is 0 Å². The number of benzene rings is 2. The molecule has 0 radical (unpaired) electrons. The molecule has 3 aromatic rings. The highest BCUT2D eigenvalue weighted by atomic mass is 32.2. The van der Waals surface area contributed by atoms with E-state index in [2.05, 4.69) is 9.97 Å². The first-order chi connectivity index (χ1) is 12.9. The summed E-state index contributed by atoms with van der Waals surface area (Å²) in [5, 5.41) is 10.9. The van der Waals surface area contributed by atoms with Gasteiger partial charge in [0.1, 0.15) is 0 Å². The van der Waals surface area contributed by atoms with Crippen molar-refractivity contribution in [2.75, 3.05) is 31.1 Å². The van der Waals surface area contributed by atoms with Crippen molar-refractivity contribution in [3.05, 3.63) is 58.6 Å². The number of aromatic nitrogens is 2. The van der Waals surface area contributed by atoms with Gasteiger partial charge in [-0.3, -0.25) is 10.1 Å². The van der Waals surface area contributed by atoms with Gasteiger partial charge in [0.2, 0.25) is 16.0 Å². The van der Waals surface area contributed by atoms with Crippen LogP contribution in [0.2, 0.25) is 0 Å². The first-order valence-corrected chi connectivity index (χ1v) is 9.83. The van der Waals surface area contributed by atoms with Crippen molar-refractivity contribution in [3.63, 3.8) is 0 Å². The van der Waals surface area contributed by atoms with Crippen molar-refractivity contribution < 1.29 is 13.3 Å². The first kappa shape index (κ1) is 17.4. The Kier molecular flexibility index (Phi) is 4.28. The number of nitro benzene ring substituents is 1. The van der Waals surface area contributed by atoms with Gasteiger partial charge in [-0.15, -0.1) is 0 Å². The third kappa shape index (κ3) is 3.24. The molecule has 1 N–H and O–H groups in total. The Hall–Kier alpha value is -2.98. The number of nitro groups is 1. The lowest BCUT2D eigenvalue weighted by atomic mass is 10.3. The SMILES string of the molecule is O=[N+]([O-])c1cccc(S(=O)(=O)N2CCN(c3nc4ccccc4[nH]3)CC2)c1. The van der Waals surface area contributed by atoms with Gasteiger partial charge in [-0.1, -0.05) is 18.2 Å². The number of sulfonamides is 1. The summed E-state index contributed by atoms with van der Waals surface area (Å²) in [6, 6.07) is 12.8. The average Bonchev–Trinajstić information content (AvgIpc) is 3.12. The predicted octanol–water partition coefficient (Wildman–Crippen LogP) is 1.98. The molecule has 0 spiro atoms. The molecular weight excluding hydrogens is 370 g/mol. The second kappa shape index (κ2) is 6.63. The zero-order valence-corrected chi connectivity index (χ0v) is 15.1. The summed E-state index contributed by atoms with van der Waals surface area (Å²) in [6.45, 7) is 1.52. The molecular formula is C17H17N5O4S. The molecule has 10 heteroatoms. The number of non-ortho nitro benzene ring substituents is 1. The number of hydrogen-bond acceptors (Lipinski definition) is 6. The molecule has 1 fully saturated rings. The minimum atomic E-state index is -3.78. The van der Waals surface area contributed by atoms with Crippen LogP contribution in [-0.4, -0.2) is 53.8 Å². The van der Waals surface area contributed by atoms with Crippen LogP contribution in [0.3, 0.4) is 0 Å². The minimum absolute atomic E-state index is 0.0612. The van der Waals surface area contributed by atoms with E-state index in [0.29, 0.717) is 19.0 Å². The van der Waals surface area contributed by atoms with Crippen molar-refractivity contribution in [3.8, 4) is 0 Å². The van der Waals surface area contributed by atoms with Crippen LogP contribution >= 0.6 is 0 Å². The number of para-hydroxylation sites is 2. The second-order valence-electron chi connectivity index (χ2n) is 6.22. The predicted molar refractivity (Wildman–Crippen MR) is 100 cm³/mol. The Labute approximate surface area is 155 Å². The summed E-state index contributed by atoms with van der Waals surface area (Å²) < 4.78 is 27.0. The molecule has 4 rings (SSSR count). The molecule has 2 aromatic carbocycles. The molecule has 1 aromatic heterocycles. The molecule has 1 aliphatic rings. The van der Waals surface area contributed by atoms with E-state index in [9.17, 15) is 18.5 Å². The van der Waals surface area contributed by atoms with Crippen LogP contribution in [0.25, 0.3) is 11.0 Å². The lowest BCUT2D eigenvalue weighted by molar-refractivity contribution is -0.385. The maximum absolute atomic E-state index is 12.8. The minimum Gasteiger partial charge on any atom is -0.340 e. The first-order valence-electron chi connectivity index (χ1n) is 8.39. The van der Waals surface area contributed by atoms with E-state index in [1.165, 1.54) is 22.5 Å². The lowest BCUT2D eigenvalue weighted by Crippen LogP contribution is -2.49. The fourth-order valence-corrected chi connectivity index (χ4v) is 4.60. The molecule has 0 atom stereocenters. The van der Waals surface area contributed by atoms with Crippen molar-refractivity contribution in [2.24, 2.45) is 0 Å². The zero-order chi connectivity index (χ0) is 19.0. The van der Waals surface area contributed by atoms with Gasteiger partial charge < -0.3 is 9.88 Å². The van der Waals surface area contributed by atoms with Gasteiger partial charge in [0.05, 0.1) is 20.9 Å². The smallest absolute Gasteiger partial charge is 0.270 e. The van der Waals surface area contributed by atoms with Crippen molar-refractivity contribution in [2.45, 2.75) is 4.90 Å². The van der Waals surface area contributed by atoms with Crippen molar-refractivity contribution in [1.82, 2.24) is 14.3 Å². The summed E-state index contributed by atoms with van der Waals surface area (Å²) in [5.74, 6) is 0.712. The maximum Gasteiger partial charge on any atom is 0.270 e. The highest BCUT2D eigenvalue weighted by Gasteiger charge is 2.30. The van der Waals surface area contributed by atoms with Crippen LogP contribution in [0.5, 0.6) is 0 Å². The molecule has 0 amide bonds. The number of nitrogens with zero attached hydrogens (tertiary/aromatic N) is 4. The highest BCUT2D eigenvalue weighted by molar-refractivity contribution is 7.89. The van der Waals surface area contributed by atoms with Crippen LogP contribution in [0.4, 0.5) is 11.6 Å². The fourth-order valence-electron chi connectivity index (χ4n) is 3.14. The van der Waals surface area contributed by atoms with Crippen LogP contribution in [-0.2, 0) is 10.0 Å². The number of H-pyrrole nitrogens is 1. The van der Waals surface area contributed by atoms with E-state index < -0.39 is 14.9 Å². The number of anilines is 1. The normalized spacial score (nSPS) is 15.9. The Morgan fingerprint density at radius 3 is 2.48 bits per heavy atom. The maximum atomic E-state index is 12.8. The molecule has 0 saturated carbocycles. The number of fused-ring (bicyclic) bond motifs is 1. The van der Waals surface area contributed by atoms with E-state index in [-0.39, 0.29) is 23.7 Å². The molecule has 0 unspecified atom stereocenters. The largest absolute Gasteiger partial charge is 0.340 e. The molecule has 2 heterocycles. The Morgan fingerprint density at radius 2 is 1.78 bits per heavy atom. The monoisotopic (exact) mass is 387 g/mol. The van der Waals surface area contributed by atoms with Crippen LogP contribution in [0.15, 0.2) is 53.4 Å². The molecule has 0 aliphatic carbocycles. The van der Waals surface area contributed by atoms with E-state index in [4.69, 9.17) is 0 Å². The molecule has 140 valence electrons. The van der Waals surface area contributed by atoms with Crippen molar-refractivity contribution in [1.29, 1.82) is 0 Å². The quantitative estimate of drug-likeness (QED) is 0.541. The molecule has 0 bridgehead atoms. The fraction of sp³-hybridized carbons (Fsp3) is 0.235. The summed E-state index contributed by atoms with van der Waals surface area (Å²) in [5.41, 5.74) is 1.55. The summed E-state index contributed by atoms with van der Waals surface area (Å²) >= 11 is 0. The number of piperazine rings is 1. The standard InChI is InChI=1S/C17H17N5O4S/c23-22(24)13-4-3-5-14(12-13)27(25,26)21-10-8-20(9-11-21)17-18-15-6-1-2-7-16(15)19-17/h1-7,12H,8-11H2,(H,18,19). The van der Waals surface area contributed by atoms with E-state index >= 15 is 0 Å². The number of imidazole rings is 1. The van der Waals surface area contributed by atoms with Gasteiger partial charge in [0, 0.05) is 38.3 Å². The van der Waals surface area contributed by atoms with Crippen molar-refractivity contribution >= 4 is 32.7 Å². The average molecular weight is 387 g/mol. The molecule has 1 aliphatic heterocycles. The lowest BCUT2D eigenvalue weighted by Gasteiger charge is -2.33.